The van der Waals surface area contributed by atoms with Crippen molar-refractivity contribution in [2.75, 3.05) is 6.54 Å². The number of amides is 2. The fourth-order valence-electron chi connectivity index (χ4n) is 1.79. The predicted molar refractivity (Wildman–Crippen MR) is 67.6 cm³/mol. The highest BCUT2D eigenvalue weighted by molar-refractivity contribution is 9.10. The van der Waals surface area contributed by atoms with Gasteiger partial charge < -0.3 is 10.6 Å². The lowest BCUT2D eigenvalue weighted by Gasteiger charge is -2.22. The van der Waals surface area contributed by atoms with Crippen molar-refractivity contribution in [3.63, 3.8) is 0 Å². The summed E-state index contributed by atoms with van der Waals surface area (Å²) in [5, 5.41) is 5.48. The highest BCUT2D eigenvalue weighted by Gasteiger charge is 2.24. The maximum atomic E-state index is 12.0. The molecule has 1 aliphatic rings. The van der Waals surface area contributed by atoms with Gasteiger partial charge in [-0.3, -0.25) is 9.59 Å². The minimum absolute atomic E-state index is 0.100. The van der Waals surface area contributed by atoms with Crippen molar-refractivity contribution in [2.45, 2.75) is 18.9 Å². The average molecular weight is 297 g/mol. The van der Waals surface area contributed by atoms with Crippen LogP contribution in [0.3, 0.4) is 0 Å². The number of hydrogen-bond donors (Lipinski definition) is 2. The van der Waals surface area contributed by atoms with Gasteiger partial charge in [0.05, 0.1) is 5.56 Å². The van der Waals surface area contributed by atoms with Crippen LogP contribution in [0.5, 0.6) is 0 Å². The number of rotatable bonds is 2. The molecular weight excluding hydrogens is 284 g/mol. The molecule has 0 spiro atoms. The first-order valence-corrected chi connectivity index (χ1v) is 6.31. The minimum Gasteiger partial charge on any atom is -0.354 e. The molecule has 1 aliphatic heterocycles. The lowest BCUT2D eigenvalue weighted by molar-refractivity contribution is -0.124. The van der Waals surface area contributed by atoms with Crippen LogP contribution in [-0.4, -0.2) is 24.4 Å². The monoisotopic (exact) mass is 296 g/mol. The molecule has 2 rings (SSSR count). The summed E-state index contributed by atoms with van der Waals surface area (Å²) in [6.07, 6.45) is 1.59. The van der Waals surface area contributed by atoms with Crippen LogP contribution in [0, 0.1) is 0 Å². The van der Waals surface area contributed by atoms with Gasteiger partial charge in [0.25, 0.3) is 5.91 Å². The largest absolute Gasteiger partial charge is 0.354 e. The summed E-state index contributed by atoms with van der Waals surface area (Å²) in [5.41, 5.74) is 0.547. The topological polar surface area (TPSA) is 58.2 Å². The Balaban J connectivity index is 2.06. The Labute approximate surface area is 108 Å². The molecule has 2 amide bonds. The van der Waals surface area contributed by atoms with Crippen molar-refractivity contribution in [1.29, 1.82) is 0 Å². The molecule has 1 atom stereocenters. The minimum atomic E-state index is -0.414. The van der Waals surface area contributed by atoms with Gasteiger partial charge in [-0.1, -0.05) is 12.1 Å². The number of benzene rings is 1. The summed E-state index contributed by atoms with van der Waals surface area (Å²) in [6.45, 7) is 0.695. The first-order chi connectivity index (χ1) is 8.18. The van der Waals surface area contributed by atoms with E-state index in [1.54, 1.807) is 18.2 Å². The van der Waals surface area contributed by atoms with Crippen LogP contribution in [0.15, 0.2) is 28.7 Å². The third kappa shape index (κ3) is 2.85. The van der Waals surface area contributed by atoms with E-state index in [2.05, 4.69) is 26.6 Å². The van der Waals surface area contributed by atoms with Crippen molar-refractivity contribution >= 4 is 27.7 Å². The molecule has 0 bridgehead atoms. The fraction of sp³-hybridized carbons (Fsp3) is 0.333. The number of carbonyl (C=O) groups excluding carboxylic acids is 2. The third-order valence-electron chi connectivity index (χ3n) is 2.71. The van der Waals surface area contributed by atoms with Crippen LogP contribution in [0.4, 0.5) is 0 Å². The Hall–Kier alpha value is -1.36. The van der Waals surface area contributed by atoms with Crippen molar-refractivity contribution in [3.8, 4) is 0 Å². The zero-order chi connectivity index (χ0) is 12.3. The highest BCUT2D eigenvalue weighted by Crippen LogP contribution is 2.16. The molecule has 4 nitrogen and oxygen atoms in total. The molecule has 1 aromatic rings. The van der Waals surface area contributed by atoms with E-state index in [9.17, 15) is 9.59 Å². The summed E-state index contributed by atoms with van der Waals surface area (Å²) < 4.78 is 0.730. The number of halogens is 1. The molecule has 0 unspecified atom stereocenters. The van der Waals surface area contributed by atoms with Crippen molar-refractivity contribution < 1.29 is 9.59 Å². The zero-order valence-corrected chi connectivity index (χ0v) is 10.8. The molecule has 2 N–H and O–H groups in total. The van der Waals surface area contributed by atoms with Gasteiger partial charge in [0, 0.05) is 11.0 Å². The van der Waals surface area contributed by atoms with E-state index in [0.29, 0.717) is 18.5 Å². The average Bonchev–Trinajstić information content (AvgIpc) is 2.32. The van der Waals surface area contributed by atoms with Crippen molar-refractivity contribution in [1.82, 2.24) is 10.6 Å². The molecule has 0 aromatic heterocycles. The van der Waals surface area contributed by atoms with Gasteiger partial charge in [-0.2, -0.15) is 0 Å². The van der Waals surface area contributed by atoms with E-state index in [1.807, 2.05) is 6.07 Å². The Morgan fingerprint density at radius 3 is 2.88 bits per heavy atom. The quantitative estimate of drug-likeness (QED) is 0.868. The summed E-state index contributed by atoms with van der Waals surface area (Å²) in [5.74, 6) is -0.323. The molecule has 1 saturated heterocycles. The van der Waals surface area contributed by atoms with Crippen molar-refractivity contribution in [2.24, 2.45) is 0 Å². The highest BCUT2D eigenvalue weighted by atomic mass is 79.9. The smallest absolute Gasteiger partial charge is 0.253 e. The first-order valence-electron chi connectivity index (χ1n) is 5.51. The van der Waals surface area contributed by atoms with Gasteiger partial charge in [-0.05, 0) is 40.9 Å². The van der Waals surface area contributed by atoms with Crippen LogP contribution in [-0.2, 0) is 4.79 Å². The molecule has 1 fully saturated rings. The van der Waals surface area contributed by atoms with E-state index in [1.165, 1.54) is 0 Å². The number of nitrogens with one attached hydrogen (secondary N) is 2. The first kappa shape index (κ1) is 12.1. The standard InChI is InChI=1S/C12H13BrN2O2/c13-9-5-2-1-4-8(9)11(16)15-10-6-3-7-14-12(10)17/h1-2,4-5,10H,3,6-7H2,(H,14,17)(H,15,16)/t10-/m0/s1. The second kappa shape index (κ2) is 5.31. The molecule has 90 valence electrons. The molecule has 17 heavy (non-hydrogen) atoms. The molecule has 5 heteroatoms. The van der Waals surface area contributed by atoms with Crippen LogP contribution in [0.1, 0.15) is 23.2 Å². The van der Waals surface area contributed by atoms with Gasteiger partial charge in [0.15, 0.2) is 0 Å². The Bertz CT molecular complexity index is 448. The number of hydrogen-bond acceptors (Lipinski definition) is 2. The Kier molecular flexibility index (Phi) is 3.78. The van der Waals surface area contributed by atoms with Gasteiger partial charge in [0.2, 0.25) is 5.91 Å². The summed E-state index contributed by atoms with van der Waals surface area (Å²) in [4.78, 5) is 23.5. The summed E-state index contributed by atoms with van der Waals surface area (Å²) in [6, 6.07) is 6.74. The predicted octanol–water partition coefficient (Wildman–Crippen LogP) is 1.46. The van der Waals surface area contributed by atoms with E-state index in [0.717, 1.165) is 10.9 Å². The maximum absolute atomic E-state index is 12.0. The molecule has 1 heterocycles. The zero-order valence-electron chi connectivity index (χ0n) is 9.20. The third-order valence-corrected chi connectivity index (χ3v) is 3.40. The van der Waals surface area contributed by atoms with Gasteiger partial charge >= 0.3 is 0 Å². The lowest BCUT2D eigenvalue weighted by Crippen LogP contribution is -2.50. The van der Waals surface area contributed by atoms with E-state index in [4.69, 9.17) is 0 Å². The van der Waals surface area contributed by atoms with Crippen LogP contribution in [0.2, 0.25) is 0 Å². The van der Waals surface area contributed by atoms with Crippen LogP contribution in [0.25, 0.3) is 0 Å². The molecule has 1 aromatic carbocycles. The van der Waals surface area contributed by atoms with Crippen LogP contribution >= 0.6 is 15.9 Å². The Morgan fingerprint density at radius 2 is 2.18 bits per heavy atom. The second-order valence-corrected chi connectivity index (χ2v) is 4.79. The van der Waals surface area contributed by atoms with Crippen LogP contribution < -0.4 is 10.6 Å². The molecular formula is C12H13BrN2O2. The number of carbonyl (C=O) groups is 2. The van der Waals surface area contributed by atoms with Gasteiger partial charge in [0.1, 0.15) is 6.04 Å². The Morgan fingerprint density at radius 1 is 1.41 bits per heavy atom. The van der Waals surface area contributed by atoms with Crippen molar-refractivity contribution in [3.05, 3.63) is 34.3 Å². The SMILES string of the molecule is O=C(N[C@H]1CCCNC1=O)c1ccccc1Br. The molecule has 0 radical (unpaired) electrons. The normalized spacial score (nSPS) is 19.6. The summed E-state index contributed by atoms with van der Waals surface area (Å²) >= 11 is 3.32. The molecule has 0 aliphatic carbocycles. The summed E-state index contributed by atoms with van der Waals surface area (Å²) in [7, 11) is 0. The lowest BCUT2D eigenvalue weighted by atomic mass is 10.1. The van der Waals surface area contributed by atoms with E-state index >= 15 is 0 Å². The second-order valence-electron chi connectivity index (χ2n) is 3.94. The number of piperidine rings is 1. The van der Waals surface area contributed by atoms with Gasteiger partial charge in [-0.25, -0.2) is 0 Å². The molecule has 0 saturated carbocycles. The van der Waals surface area contributed by atoms with Gasteiger partial charge in [-0.15, -0.1) is 0 Å². The maximum Gasteiger partial charge on any atom is 0.253 e. The van der Waals surface area contributed by atoms with E-state index in [-0.39, 0.29) is 11.8 Å². The fourth-order valence-corrected chi connectivity index (χ4v) is 2.26. The van der Waals surface area contributed by atoms with E-state index < -0.39 is 6.04 Å².